The molecule has 0 spiro atoms. The van der Waals surface area contributed by atoms with Gasteiger partial charge in [-0.1, -0.05) is 35.5 Å². The van der Waals surface area contributed by atoms with E-state index < -0.39 is 0 Å². The summed E-state index contributed by atoms with van der Waals surface area (Å²) in [5.41, 5.74) is 0.962. The molecule has 0 saturated carbocycles. The topological polar surface area (TPSA) is 63.4 Å². The van der Waals surface area contributed by atoms with Crippen LogP contribution in [-0.2, 0) is 4.65 Å². The largest absolute Gasteiger partial charge is 0.427 e. The maximum atomic E-state index is 5.35. The van der Waals surface area contributed by atoms with Gasteiger partial charge < -0.3 is 19.3 Å². The van der Waals surface area contributed by atoms with Gasteiger partial charge in [0, 0.05) is 31.8 Å². The van der Waals surface area contributed by atoms with E-state index in [9.17, 15) is 0 Å². The van der Waals surface area contributed by atoms with Crippen LogP contribution in [-0.4, -0.2) is 44.0 Å². The number of hydrogen-bond acceptors (Lipinski definition) is 6. The van der Waals surface area contributed by atoms with Crippen LogP contribution in [0.4, 0.5) is 6.01 Å². The lowest BCUT2D eigenvalue weighted by Crippen LogP contribution is -2.35. The summed E-state index contributed by atoms with van der Waals surface area (Å²) in [6.45, 7) is 1.72. The van der Waals surface area contributed by atoms with Gasteiger partial charge in [0.2, 0.25) is 5.82 Å². The molecule has 0 aliphatic carbocycles. The van der Waals surface area contributed by atoms with Crippen LogP contribution in [0.15, 0.2) is 34.9 Å². The van der Waals surface area contributed by atoms with Crippen LogP contribution in [0.25, 0.3) is 11.4 Å². The number of nitrogens with zero attached hydrogens (tertiary/aromatic N) is 3. The van der Waals surface area contributed by atoms with E-state index in [0.29, 0.717) is 17.9 Å². The van der Waals surface area contributed by atoms with Crippen molar-refractivity contribution in [1.29, 1.82) is 0 Å². The molecule has 1 N–H and O–H groups in total. The SMILES string of the molecule is CO[B]NC1CCN(c2nc(-c3ccccc3)no2)C1. The van der Waals surface area contributed by atoms with Gasteiger partial charge in [-0.15, -0.1) is 0 Å². The average molecular weight is 271 g/mol. The van der Waals surface area contributed by atoms with Gasteiger partial charge in [-0.3, -0.25) is 0 Å². The zero-order chi connectivity index (χ0) is 13.8. The molecule has 2 heterocycles. The number of aromatic nitrogens is 2. The Morgan fingerprint density at radius 2 is 2.25 bits per heavy atom. The quantitative estimate of drug-likeness (QED) is 0.821. The lowest BCUT2D eigenvalue weighted by atomic mass is 10.1. The minimum Gasteiger partial charge on any atom is -0.427 e. The molecule has 1 atom stereocenters. The van der Waals surface area contributed by atoms with Crippen molar-refractivity contribution in [1.82, 2.24) is 15.4 Å². The fourth-order valence-electron chi connectivity index (χ4n) is 2.28. The zero-order valence-corrected chi connectivity index (χ0v) is 11.3. The Balaban J connectivity index is 1.66. The monoisotopic (exact) mass is 271 g/mol. The fraction of sp³-hybridized carbons (Fsp3) is 0.385. The molecule has 0 bridgehead atoms. The van der Waals surface area contributed by atoms with Crippen LogP contribution in [0.1, 0.15) is 6.42 Å². The minimum absolute atomic E-state index is 0.349. The second-order valence-corrected chi connectivity index (χ2v) is 4.72. The highest BCUT2D eigenvalue weighted by Gasteiger charge is 2.26. The molecule has 3 rings (SSSR count). The lowest BCUT2D eigenvalue weighted by molar-refractivity contribution is 0.415. The number of benzene rings is 1. The van der Waals surface area contributed by atoms with E-state index in [1.165, 1.54) is 0 Å². The summed E-state index contributed by atoms with van der Waals surface area (Å²) in [5.74, 6) is 0.625. The molecule has 20 heavy (non-hydrogen) atoms. The minimum atomic E-state index is 0.349. The predicted molar refractivity (Wildman–Crippen MR) is 76.3 cm³/mol. The molecule has 103 valence electrons. The average Bonchev–Trinajstić information content (AvgIpc) is 3.15. The van der Waals surface area contributed by atoms with Crippen LogP contribution in [0.5, 0.6) is 0 Å². The van der Waals surface area contributed by atoms with Crippen molar-refractivity contribution in [2.45, 2.75) is 12.5 Å². The molecule has 1 aromatic heterocycles. The van der Waals surface area contributed by atoms with E-state index in [-0.39, 0.29) is 0 Å². The van der Waals surface area contributed by atoms with Crippen molar-refractivity contribution >= 4 is 13.6 Å². The van der Waals surface area contributed by atoms with E-state index in [1.807, 2.05) is 30.3 Å². The third kappa shape index (κ3) is 2.83. The molecule has 1 unspecified atom stereocenters. The molecule has 1 fully saturated rings. The summed E-state index contributed by atoms with van der Waals surface area (Å²) < 4.78 is 10.3. The van der Waals surface area contributed by atoms with Gasteiger partial charge in [-0.05, 0) is 6.42 Å². The predicted octanol–water partition coefficient (Wildman–Crippen LogP) is 1.09. The molecule has 1 aromatic carbocycles. The Labute approximate surface area is 118 Å². The van der Waals surface area contributed by atoms with E-state index >= 15 is 0 Å². The smallest absolute Gasteiger partial charge is 0.395 e. The number of rotatable bonds is 5. The summed E-state index contributed by atoms with van der Waals surface area (Å²) >= 11 is 0. The van der Waals surface area contributed by atoms with Gasteiger partial charge in [0.15, 0.2) is 0 Å². The van der Waals surface area contributed by atoms with Gasteiger partial charge in [0.1, 0.15) is 0 Å². The second-order valence-electron chi connectivity index (χ2n) is 4.72. The first-order chi connectivity index (χ1) is 9.86. The van der Waals surface area contributed by atoms with Crippen molar-refractivity contribution in [3.8, 4) is 11.4 Å². The molecule has 1 radical (unpaired) electrons. The Hall–Kier alpha value is -1.86. The first kappa shape index (κ1) is 13.1. The van der Waals surface area contributed by atoms with E-state index in [0.717, 1.165) is 25.1 Å². The molecule has 6 nitrogen and oxygen atoms in total. The van der Waals surface area contributed by atoms with Gasteiger partial charge in [-0.25, -0.2) is 0 Å². The van der Waals surface area contributed by atoms with Crippen LogP contribution in [0, 0.1) is 0 Å². The Bertz CT molecular complexity index is 548. The van der Waals surface area contributed by atoms with Crippen molar-refractivity contribution in [3.63, 3.8) is 0 Å². The third-order valence-electron chi connectivity index (χ3n) is 3.33. The molecule has 1 aliphatic rings. The van der Waals surface area contributed by atoms with Crippen molar-refractivity contribution in [3.05, 3.63) is 30.3 Å². The number of nitrogens with one attached hydrogen (secondary N) is 1. The van der Waals surface area contributed by atoms with E-state index in [1.54, 1.807) is 14.7 Å². The Kier molecular flexibility index (Phi) is 3.99. The van der Waals surface area contributed by atoms with Gasteiger partial charge in [0.05, 0.1) is 0 Å². The standard InChI is InChI=1S/C13H16BN4O2/c1-19-14-16-11-7-8-18(9-11)13-15-12(17-20-13)10-5-3-2-4-6-10/h2-6,11,16H,7-9H2,1H3. The van der Waals surface area contributed by atoms with Crippen LogP contribution >= 0.6 is 0 Å². The van der Waals surface area contributed by atoms with Crippen molar-refractivity contribution in [2.24, 2.45) is 0 Å². The number of anilines is 1. The zero-order valence-electron chi connectivity index (χ0n) is 11.3. The molecular formula is C13H16BN4O2. The van der Waals surface area contributed by atoms with Crippen molar-refractivity contribution < 1.29 is 9.18 Å². The molecule has 2 aromatic rings. The molecule has 1 saturated heterocycles. The second kappa shape index (κ2) is 6.07. The van der Waals surface area contributed by atoms with Crippen molar-refractivity contribution in [2.75, 3.05) is 25.1 Å². The van der Waals surface area contributed by atoms with E-state index in [2.05, 4.69) is 20.3 Å². The Morgan fingerprint density at radius 3 is 3.05 bits per heavy atom. The maximum absolute atomic E-state index is 5.35. The fourth-order valence-corrected chi connectivity index (χ4v) is 2.28. The van der Waals surface area contributed by atoms with Gasteiger partial charge in [-0.2, -0.15) is 4.98 Å². The van der Waals surface area contributed by atoms with Gasteiger partial charge >= 0.3 is 13.6 Å². The third-order valence-corrected chi connectivity index (χ3v) is 3.33. The molecule has 1 aliphatic heterocycles. The maximum Gasteiger partial charge on any atom is 0.395 e. The van der Waals surface area contributed by atoms with Crippen LogP contribution in [0.3, 0.4) is 0 Å². The highest BCUT2D eigenvalue weighted by molar-refractivity contribution is 6.23. The molecule has 0 amide bonds. The summed E-state index contributed by atoms with van der Waals surface area (Å²) in [4.78, 5) is 6.54. The van der Waals surface area contributed by atoms with Crippen LogP contribution in [0.2, 0.25) is 0 Å². The first-order valence-electron chi connectivity index (χ1n) is 6.61. The lowest BCUT2D eigenvalue weighted by Gasteiger charge is -2.12. The van der Waals surface area contributed by atoms with E-state index in [4.69, 9.17) is 9.18 Å². The summed E-state index contributed by atoms with van der Waals surface area (Å²) in [5, 5.41) is 7.23. The number of hydrogen-bond donors (Lipinski definition) is 1. The van der Waals surface area contributed by atoms with Crippen LogP contribution < -0.4 is 10.1 Å². The first-order valence-corrected chi connectivity index (χ1v) is 6.61. The molecular weight excluding hydrogens is 255 g/mol. The summed E-state index contributed by atoms with van der Waals surface area (Å²) in [7, 11) is 3.24. The summed E-state index contributed by atoms with van der Waals surface area (Å²) in [6, 6.07) is 10.7. The normalized spacial score (nSPS) is 18.4. The summed E-state index contributed by atoms with van der Waals surface area (Å²) in [6.07, 6.45) is 1.02. The Morgan fingerprint density at radius 1 is 1.40 bits per heavy atom. The highest BCUT2D eigenvalue weighted by atomic mass is 16.5. The highest BCUT2D eigenvalue weighted by Crippen LogP contribution is 2.22. The molecule has 7 heteroatoms. The van der Waals surface area contributed by atoms with Gasteiger partial charge in [0.25, 0.3) is 0 Å².